The second-order valence-corrected chi connectivity index (χ2v) is 5.89. The number of hydrogen-bond acceptors (Lipinski definition) is 5. The largest absolute Gasteiger partial charge is 0.502 e. The van der Waals surface area contributed by atoms with Gasteiger partial charge in [0, 0.05) is 6.07 Å². The van der Waals surface area contributed by atoms with E-state index in [0.29, 0.717) is 22.5 Å². The number of carbonyl (C=O) groups is 1. The lowest BCUT2D eigenvalue weighted by Crippen LogP contribution is -2.21. The van der Waals surface area contributed by atoms with Gasteiger partial charge in [0.15, 0.2) is 5.75 Å². The van der Waals surface area contributed by atoms with E-state index in [2.05, 4.69) is 12.0 Å². The second kappa shape index (κ2) is 6.79. The van der Waals surface area contributed by atoms with E-state index in [4.69, 9.17) is 0 Å². The van der Waals surface area contributed by atoms with Gasteiger partial charge >= 0.3 is 5.69 Å². The zero-order chi connectivity index (χ0) is 18.8. The van der Waals surface area contributed by atoms with E-state index in [0.717, 1.165) is 12.0 Å². The molecule has 7 heteroatoms. The Kier molecular flexibility index (Phi) is 4.53. The Balaban J connectivity index is 1.93. The molecule has 0 aromatic heterocycles. The molecule has 2 aromatic carbocycles. The van der Waals surface area contributed by atoms with Crippen LogP contribution in [-0.4, -0.2) is 21.6 Å². The fourth-order valence-electron chi connectivity index (χ4n) is 2.68. The topological polar surface area (TPSA) is 96.0 Å². The Hall–Kier alpha value is -3.48. The normalized spacial score (nSPS) is 15.5. The van der Waals surface area contributed by atoms with Gasteiger partial charge in [-0.2, -0.15) is 10.1 Å². The minimum Gasteiger partial charge on any atom is -0.502 e. The molecule has 0 spiro atoms. The maximum Gasteiger partial charge on any atom is 0.311 e. The molecule has 1 aliphatic rings. The molecule has 0 bridgehead atoms. The van der Waals surface area contributed by atoms with Crippen LogP contribution >= 0.6 is 0 Å². The lowest BCUT2D eigenvalue weighted by Gasteiger charge is -2.12. The van der Waals surface area contributed by atoms with Gasteiger partial charge in [-0.15, -0.1) is 0 Å². The zero-order valence-corrected chi connectivity index (χ0v) is 14.3. The van der Waals surface area contributed by atoms with Gasteiger partial charge in [-0.25, -0.2) is 0 Å². The highest BCUT2D eigenvalue weighted by Gasteiger charge is 2.28. The highest BCUT2D eigenvalue weighted by Crippen LogP contribution is 2.29. The first-order valence-electron chi connectivity index (χ1n) is 8.08. The molecule has 132 valence electrons. The lowest BCUT2D eigenvalue weighted by atomic mass is 10.1. The highest BCUT2D eigenvalue weighted by molar-refractivity contribution is 6.32. The average Bonchev–Trinajstić information content (AvgIpc) is 2.91. The van der Waals surface area contributed by atoms with Gasteiger partial charge in [-0.3, -0.25) is 14.9 Å². The van der Waals surface area contributed by atoms with Crippen molar-refractivity contribution in [3.63, 3.8) is 0 Å². The standard InChI is InChI=1S/C19H17N3O4/c1-3-13-4-7-15(8-5-13)21-19(24)16(12(2)20-21)10-14-6-9-18(23)17(11-14)22(25)26/h4-11,23H,3H2,1-2H3/b16-10+. The number of benzene rings is 2. The molecule has 1 amide bonds. The summed E-state index contributed by atoms with van der Waals surface area (Å²) in [5.41, 5.74) is 2.72. The van der Waals surface area contributed by atoms with Crippen molar-refractivity contribution in [2.75, 3.05) is 5.01 Å². The first-order valence-corrected chi connectivity index (χ1v) is 8.08. The van der Waals surface area contributed by atoms with E-state index >= 15 is 0 Å². The molecular weight excluding hydrogens is 334 g/mol. The molecule has 2 aromatic rings. The monoisotopic (exact) mass is 351 g/mol. The van der Waals surface area contributed by atoms with Gasteiger partial charge in [0.1, 0.15) is 0 Å². The van der Waals surface area contributed by atoms with Gasteiger partial charge in [0.2, 0.25) is 0 Å². The van der Waals surface area contributed by atoms with Crippen LogP contribution in [0.2, 0.25) is 0 Å². The van der Waals surface area contributed by atoms with Gasteiger partial charge < -0.3 is 5.11 Å². The van der Waals surface area contributed by atoms with Gasteiger partial charge in [-0.1, -0.05) is 25.1 Å². The van der Waals surface area contributed by atoms with Crippen molar-refractivity contribution in [1.29, 1.82) is 0 Å². The van der Waals surface area contributed by atoms with Crippen LogP contribution in [-0.2, 0) is 11.2 Å². The quantitative estimate of drug-likeness (QED) is 0.516. The molecule has 7 nitrogen and oxygen atoms in total. The zero-order valence-electron chi connectivity index (χ0n) is 14.3. The molecule has 0 unspecified atom stereocenters. The van der Waals surface area contributed by atoms with Crippen LogP contribution in [0.3, 0.4) is 0 Å². The number of phenols is 1. The van der Waals surface area contributed by atoms with Crippen LogP contribution in [0, 0.1) is 10.1 Å². The van der Waals surface area contributed by atoms with Gasteiger partial charge in [0.25, 0.3) is 5.91 Å². The first kappa shape index (κ1) is 17.3. The van der Waals surface area contributed by atoms with E-state index < -0.39 is 16.4 Å². The predicted molar refractivity (Wildman–Crippen MR) is 99.2 cm³/mol. The molecule has 1 N–H and O–H groups in total. The predicted octanol–water partition coefficient (Wildman–Crippen LogP) is 3.67. The SMILES string of the molecule is CCc1ccc(N2N=C(C)/C(=C\c3ccc(O)c([N+](=O)[O-])c3)C2=O)cc1. The summed E-state index contributed by atoms with van der Waals surface area (Å²) in [6.07, 6.45) is 2.44. The maximum absolute atomic E-state index is 12.7. The van der Waals surface area contributed by atoms with Crippen LogP contribution < -0.4 is 5.01 Å². The van der Waals surface area contributed by atoms with E-state index in [9.17, 15) is 20.0 Å². The summed E-state index contributed by atoms with van der Waals surface area (Å²) < 4.78 is 0. The van der Waals surface area contributed by atoms with E-state index in [1.54, 1.807) is 6.92 Å². The Labute approximate surface area is 150 Å². The summed E-state index contributed by atoms with van der Waals surface area (Å²) in [6, 6.07) is 11.5. The fraction of sp³-hybridized carbons (Fsp3) is 0.158. The summed E-state index contributed by atoms with van der Waals surface area (Å²) in [6.45, 7) is 3.76. The maximum atomic E-state index is 12.7. The molecule has 1 heterocycles. The van der Waals surface area contributed by atoms with Crippen molar-refractivity contribution in [2.45, 2.75) is 20.3 Å². The third-order valence-corrected chi connectivity index (χ3v) is 4.16. The fourth-order valence-corrected chi connectivity index (χ4v) is 2.68. The smallest absolute Gasteiger partial charge is 0.311 e. The number of nitro groups is 1. The molecule has 1 aliphatic heterocycles. The lowest BCUT2D eigenvalue weighted by molar-refractivity contribution is -0.385. The molecule has 3 rings (SSSR count). The minimum absolute atomic E-state index is 0.303. The Morgan fingerprint density at radius 2 is 1.92 bits per heavy atom. The molecular formula is C19H17N3O4. The van der Waals surface area contributed by atoms with Crippen molar-refractivity contribution < 1.29 is 14.8 Å². The number of nitro benzene ring substituents is 1. The molecule has 0 fully saturated rings. The number of amides is 1. The third kappa shape index (κ3) is 3.19. The number of aromatic hydroxyl groups is 1. The van der Waals surface area contributed by atoms with E-state index in [-0.39, 0.29) is 5.91 Å². The Bertz CT molecular complexity index is 946. The minimum atomic E-state index is -0.670. The summed E-state index contributed by atoms with van der Waals surface area (Å²) >= 11 is 0. The average molecular weight is 351 g/mol. The first-order chi connectivity index (χ1) is 12.4. The highest BCUT2D eigenvalue weighted by atomic mass is 16.6. The molecule has 0 saturated carbocycles. The number of phenolic OH excluding ortho intramolecular Hbond substituents is 1. The number of carbonyl (C=O) groups excluding carboxylic acids is 1. The van der Waals surface area contributed by atoms with E-state index in [1.165, 1.54) is 29.3 Å². The van der Waals surface area contributed by atoms with Gasteiger partial charge in [0.05, 0.1) is 21.9 Å². The number of aryl methyl sites for hydroxylation is 1. The van der Waals surface area contributed by atoms with E-state index in [1.807, 2.05) is 24.3 Å². The Morgan fingerprint density at radius 3 is 2.54 bits per heavy atom. The Morgan fingerprint density at radius 1 is 1.23 bits per heavy atom. The van der Waals surface area contributed by atoms with Crippen molar-refractivity contribution >= 4 is 29.1 Å². The number of rotatable bonds is 4. The van der Waals surface area contributed by atoms with Gasteiger partial charge in [-0.05, 0) is 48.7 Å². The van der Waals surface area contributed by atoms with Crippen molar-refractivity contribution in [3.05, 3.63) is 69.3 Å². The number of hydrogen-bond donors (Lipinski definition) is 1. The van der Waals surface area contributed by atoms with Crippen LogP contribution in [0.1, 0.15) is 25.0 Å². The molecule has 0 saturated heterocycles. The van der Waals surface area contributed by atoms with Crippen molar-refractivity contribution in [1.82, 2.24) is 0 Å². The summed E-state index contributed by atoms with van der Waals surface area (Å²) in [5, 5.41) is 26.1. The summed E-state index contributed by atoms with van der Waals surface area (Å²) in [7, 11) is 0. The number of nitrogens with zero attached hydrogens (tertiary/aromatic N) is 3. The number of anilines is 1. The van der Waals surface area contributed by atoms with Crippen LogP contribution in [0.25, 0.3) is 6.08 Å². The molecule has 0 atom stereocenters. The second-order valence-electron chi connectivity index (χ2n) is 5.89. The summed E-state index contributed by atoms with van der Waals surface area (Å²) in [5.74, 6) is -0.722. The third-order valence-electron chi connectivity index (χ3n) is 4.16. The van der Waals surface area contributed by atoms with Crippen LogP contribution in [0.5, 0.6) is 5.75 Å². The molecule has 26 heavy (non-hydrogen) atoms. The summed E-state index contributed by atoms with van der Waals surface area (Å²) in [4.78, 5) is 23.0. The van der Waals surface area contributed by atoms with Crippen molar-refractivity contribution in [3.8, 4) is 5.75 Å². The van der Waals surface area contributed by atoms with Crippen LogP contribution in [0.15, 0.2) is 53.1 Å². The van der Waals surface area contributed by atoms with Crippen LogP contribution in [0.4, 0.5) is 11.4 Å². The number of hydrazone groups is 1. The molecule has 0 radical (unpaired) electrons. The molecule has 0 aliphatic carbocycles. The van der Waals surface area contributed by atoms with Crippen molar-refractivity contribution in [2.24, 2.45) is 5.10 Å².